The molecular weight excluding hydrogens is 300 g/mol. The molecule has 10 heteroatoms. The molecule has 0 radical (unpaired) electrons. The molecule has 2 N–H and O–H groups in total. The SMILES string of the molecule is O=S(=O)(CCO)OCCCCCOS(=O)(=O)CCO. The van der Waals surface area contributed by atoms with E-state index in [0.29, 0.717) is 19.3 Å². The minimum absolute atomic E-state index is 0.00821. The van der Waals surface area contributed by atoms with Crippen LogP contribution in [0.1, 0.15) is 19.3 Å². The van der Waals surface area contributed by atoms with E-state index in [2.05, 4.69) is 8.37 Å². The summed E-state index contributed by atoms with van der Waals surface area (Å²) >= 11 is 0. The number of rotatable bonds is 12. The maximum atomic E-state index is 11.0. The Hall–Kier alpha value is -0.260. The van der Waals surface area contributed by atoms with Crippen LogP contribution >= 0.6 is 0 Å². The Morgan fingerprint density at radius 2 is 1.05 bits per heavy atom. The van der Waals surface area contributed by atoms with E-state index in [1.165, 1.54) is 0 Å². The molecule has 0 rings (SSSR count). The Morgan fingerprint density at radius 3 is 1.37 bits per heavy atom. The molecule has 0 saturated carbocycles. The molecule has 0 aromatic heterocycles. The highest BCUT2D eigenvalue weighted by atomic mass is 32.2. The second-order valence-corrected chi connectivity index (χ2v) is 7.19. The van der Waals surface area contributed by atoms with Gasteiger partial charge in [-0.05, 0) is 19.3 Å². The molecule has 0 saturated heterocycles. The molecule has 0 aromatic carbocycles. The number of hydrogen-bond donors (Lipinski definition) is 2. The monoisotopic (exact) mass is 320 g/mol. The molecule has 0 aliphatic rings. The van der Waals surface area contributed by atoms with Crippen molar-refractivity contribution < 1.29 is 35.4 Å². The largest absolute Gasteiger partial charge is 0.395 e. The summed E-state index contributed by atoms with van der Waals surface area (Å²) in [6.07, 6.45) is 1.42. The predicted molar refractivity (Wildman–Crippen MR) is 67.5 cm³/mol. The third-order valence-electron chi connectivity index (χ3n) is 2.00. The van der Waals surface area contributed by atoms with Gasteiger partial charge in [-0.15, -0.1) is 0 Å². The first-order chi connectivity index (χ1) is 8.83. The van der Waals surface area contributed by atoms with Crippen LogP contribution in [0.5, 0.6) is 0 Å². The zero-order valence-electron chi connectivity index (χ0n) is 10.5. The Bertz CT molecular complexity index is 374. The van der Waals surface area contributed by atoms with Crippen LogP contribution in [0.25, 0.3) is 0 Å². The standard InChI is InChI=1S/C9H20O8S2/c10-4-8-18(12,13)16-6-2-1-3-7-17-19(14,15)9-5-11/h10-11H,1-9H2. The molecule has 0 aliphatic carbocycles. The Balaban J connectivity index is 3.57. The lowest BCUT2D eigenvalue weighted by atomic mass is 10.2. The van der Waals surface area contributed by atoms with Crippen molar-refractivity contribution in [2.75, 3.05) is 37.9 Å². The van der Waals surface area contributed by atoms with E-state index in [4.69, 9.17) is 10.2 Å². The summed E-state index contributed by atoms with van der Waals surface area (Å²) in [5.74, 6) is -0.870. The van der Waals surface area contributed by atoms with Crippen LogP contribution in [0.3, 0.4) is 0 Å². The highest BCUT2D eigenvalue weighted by Crippen LogP contribution is 2.02. The summed E-state index contributed by atoms with van der Waals surface area (Å²) < 4.78 is 53.2. The van der Waals surface area contributed by atoms with Crippen molar-refractivity contribution in [1.82, 2.24) is 0 Å². The number of aliphatic hydroxyl groups is 2. The van der Waals surface area contributed by atoms with Gasteiger partial charge in [-0.2, -0.15) is 16.8 Å². The van der Waals surface area contributed by atoms with Gasteiger partial charge in [-0.3, -0.25) is 8.37 Å². The fourth-order valence-corrected chi connectivity index (χ4v) is 2.52. The molecule has 19 heavy (non-hydrogen) atoms. The predicted octanol–water partition coefficient (Wildman–Crippen LogP) is -1.17. The van der Waals surface area contributed by atoms with Crippen LogP contribution in [0.15, 0.2) is 0 Å². The molecule has 0 spiro atoms. The van der Waals surface area contributed by atoms with Gasteiger partial charge in [0.1, 0.15) is 0 Å². The van der Waals surface area contributed by atoms with Crippen LogP contribution in [-0.4, -0.2) is 65.0 Å². The molecule has 0 bridgehead atoms. The minimum atomic E-state index is -3.66. The molecule has 116 valence electrons. The maximum Gasteiger partial charge on any atom is 0.269 e. The topological polar surface area (TPSA) is 127 Å². The van der Waals surface area contributed by atoms with Crippen molar-refractivity contribution in [2.24, 2.45) is 0 Å². The fourth-order valence-electron chi connectivity index (χ4n) is 1.09. The lowest BCUT2D eigenvalue weighted by molar-refractivity contribution is 0.271. The van der Waals surface area contributed by atoms with Crippen molar-refractivity contribution in [2.45, 2.75) is 19.3 Å². The molecule has 8 nitrogen and oxygen atoms in total. The van der Waals surface area contributed by atoms with Gasteiger partial charge in [0.2, 0.25) is 0 Å². The van der Waals surface area contributed by atoms with Crippen LogP contribution in [-0.2, 0) is 28.6 Å². The van der Waals surface area contributed by atoms with Crippen LogP contribution < -0.4 is 0 Å². The summed E-state index contributed by atoms with van der Waals surface area (Å²) in [6.45, 7) is -0.991. The van der Waals surface area contributed by atoms with E-state index < -0.39 is 45.0 Å². The Labute approximate surface area is 113 Å². The van der Waals surface area contributed by atoms with E-state index in [9.17, 15) is 16.8 Å². The highest BCUT2D eigenvalue weighted by molar-refractivity contribution is 7.86. The lowest BCUT2D eigenvalue weighted by Gasteiger charge is -2.05. The third kappa shape index (κ3) is 11.3. The first-order valence-corrected chi connectivity index (χ1v) is 8.94. The van der Waals surface area contributed by atoms with E-state index in [0.717, 1.165) is 0 Å². The van der Waals surface area contributed by atoms with Crippen molar-refractivity contribution in [3.63, 3.8) is 0 Å². The van der Waals surface area contributed by atoms with Gasteiger partial charge >= 0.3 is 0 Å². The van der Waals surface area contributed by atoms with Crippen LogP contribution in [0, 0.1) is 0 Å². The van der Waals surface area contributed by atoms with Crippen molar-refractivity contribution in [3.05, 3.63) is 0 Å². The highest BCUT2D eigenvalue weighted by Gasteiger charge is 2.10. The molecule has 0 unspecified atom stereocenters. The second-order valence-electron chi connectivity index (χ2n) is 3.68. The van der Waals surface area contributed by atoms with Crippen molar-refractivity contribution in [3.8, 4) is 0 Å². The molecule has 0 atom stereocenters. The summed E-state index contributed by atoms with van der Waals surface area (Å²) in [4.78, 5) is 0. The van der Waals surface area contributed by atoms with E-state index in [1.54, 1.807) is 0 Å². The normalized spacial score (nSPS) is 12.7. The number of unbranched alkanes of at least 4 members (excludes halogenated alkanes) is 2. The Kier molecular flexibility index (Phi) is 9.48. The van der Waals surface area contributed by atoms with Gasteiger partial charge in [-0.25, -0.2) is 0 Å². The van der Waals surface area contributed by atoms with E-state index in [-0.39, 0.29) is 13.2 Å². The summed E-state index contributed by atoms with van der Waals surface area (Å²) in [5, 5.41) is 16.9. The number of aliphatic hydroxyl groups excluding tert-OH is 2. The first-order valence-electron chi connectivity index (χ1n) is 5.79. The molecule has 0 aromatic rings. The van der Waals surface area contributed by atoms with E-state index >= 15 is 0 Å². The van der Waals surface area contributed by atoms with Crippen LogP contribution in [0.4, 0.5) is 0 Å². The van der Waals surface area contributed by atoms with Gasteiger partial charge < -0.3 is 10.2 Å². The zero-order valence-corrected chi connectivity index (χ0v) is 12.2. The van der Waals surface area contributed by atoms with Gasteiger partial charge in [0.05, 0.1) is 37.9 Å². The summed E-state index contributed by atoms with van der Waals surface area (Å²) in [6, 6.07) is 0. The average Bonchev–Trinajstić information content (AvgIpc) is 2.27. The first kappa shape index (κ1) is 18.7. The Morgan fingerprint density at radius 1 is 0.684 bits per heavy atom. The quantitative estimate of drug-likeness (QED) is 0.340. The van der Waals surface area contributed by atoms with Crippen molar-refractivity contribution in [1.29, 1.82) is 0 Å². The molecule has 0 aliphatic heterocycles. The van der Waals surface area contributed by atoms with Crippen LogP contribution in [0.2, 0.25) is 0 Å². The van der Waals surface area contributed by atoms with Gasteiger partial charge in [0.15, 0.2) is 0 Å². The average molecular weight is 320 g/mol. The molecular formula is C9H20O8S2. The zero-order chi connectivity index (χ0) is 14.8. The minimum Gasteiger partial charge on any atom is -0.395 e. The second kappa shape index (κ2) is 9.61. The molecule has 0 fully saturated rings. The molecule has 0 heterocycles. The van der Waals surface area contributed by atoms with Gasteiger partial charge in [0, 0.05) is 0 Å². The number of hydrogen-bond acceptors (Lipinski definition) is 8. The maximum absolute atomic E-state index is 11.0. The third-order valence-corrected chi connectivity index (χ3v) is 4.41. The van der Waals surface area contributed by atoms with Crippen molar-refractivity contribution >= 4 is 20.2 Å². The summed E-state index contributed by atoms with van der Waals surface area (Å²) in [5.41, 5.74) is 0. The van der Waals surface area contributed by atoms with Gasteiger partial charge in [0.25, 0.3) is 20.2 Å². The molecule has 0 amide bonds. The van der Waals surface area contributed by atoms with E-state index in [1.807, 2.05) is 0 Å². The van der Waals surface area contributed by atoms with Gasteiger partial charge in [-0.1, -0.05) is 0 Å². The fraction of sp³-hybridized carbons (Fsp3) is 1.00. The smallest absolute Gasteiger partial charge is 0.269 e. The lowest BCUT2D eigenvalue weighted by Crippen LogP contribution is -2.15. The summed E-state index contributed by atoms with van der Waals surface area (Å²) in [7, 11) is -7.32.